The molecule has 3 N–H and O–H groups in total. The normalized spacial score (nSPS) is 14.1. The van der Waals surface area contributed by atoms with E-state index in [-0.39, 0.29) is 80.0 Å². The predicted octanol–water partition coefficient (Wildman–Crippen LogP) is 4.28. The first-order valence-corrected chi connectivity index (χ1v) is 18.2. The van der Waals surface area contributed by atoms with Gasteiger partial charge < -0.3 is 15.7 Å². The van der Waals surface area contributed by atoms with Crippen LogP contribution >= 0.6 is 34.8 Å². The molecular weight excluding hydrogens is 828 g/mol. The van der Waals surface area contributed by atoms with Crippen molar-refractivity contribution in [1.29, 1.82) is 0 Å². The fourth-order valence-corrected chi connectivity index (χ4v) is 5.82. The number of aromatic amines is 1. The summed E-state index contributed by atoms with van der Waals surface area (Å²) in [5, 5.41) is 41.7. The van der Waals surface area contributed by atoms with Crippen molar-refractivity contribution in [2.24, 2.45) is 0 Å². The summed E-state index contributed by atoms with van der Waals surface area (Å²) in [6, 6.07) is 19.3. The molecule has 0 atom stereocenters. The van der Waals surface area contributed by atoms with Crippen molar-refractivity contribution in [3.63, 3.8) is 0 Å². The van der Waals surface area contributed by atoms with Crippen molar-refractivity contribution in [3.05, 3.63) is 136 Å². The van der Waals surface area contributed by atoms with Crippen molar-refractivity contribution < 1.29 is 74.9 Å². The Morgan fingerprint density at radius 2 is 1.30 bits per heavy atom. The molecule has 2 amide bonds. The van der Waals surface area contributed by atoms with Crippen molar-refractivity contribution in [1.82, 2.24) is 40.4 Å². The van der Waals surface area contributed by atoms with E-state index < -0.39 is 16.4 Å². The van der Waals surface area contributed by atoms with Crippen LogP contribution in [0.4, 0.5) is 20.4 Å². The van der Waals surface area contributed by atoms with Gasteiger partial charge in [-0.2, -0.15) is 15.3 Å². The number of carbonyl (C=O) groups is 2. The van der Waals surface area contributed by atoms with Crippen LogP contribution in [0, 0.1) is 11.6 Å². The van der Waals surface area contributed by atoms with Gasteiger partial charge >= 0.3 is 51.4 Å². The second-order valence-corrected chi connectivity index (χ2v) is 14.9. The van der Waals surface area contributed by atoms with E-state index >= 15 is 0 Å². The Bertz CT molecular complexity index is 2240. The van der Waals surface area contributed by atoms with Crippen molar-refractivity contribution in [2.75, 3.05) is 10.6 Å². The van der Waals surface area contributed by atoms with E-state index in [2.05, 4.69) is 46.3 Å². The molecule has 292 valence electrons. The molecule has 6 aromatic rings. The number of benzene rings is 2. The molecule has 13 nitrogen and oxygen atoms in total. The maximum absolute atomic E-state index is 14.1. The van der Waals surface area contributed by atoms with Crippen LogP contribution in [-0.2, 0) is 20.4 Å². The molecule has 2 aliphatic rings. The Labute approximate surface area is 384 Å². The average molecular weight is 864 g/mol. The minimum absolute atomic E-state index is 0. The zero-order valence-corrected chi connectivity index (χ0v) is 36.7. The van der Waals surface area contributed by atoms with Gasteiger partial charge in [0.15, 0.2) is 16.1 Å². The number of halogens is 5. The minimum atomic E-state index is -0.809. The Kier molecular flexibility index (Phi) is 16.4. The second kappa shape index (κ2) is 20.3. The number of hydrogen-bond acceptors (Lipinski definition) is 9. The van der Waals surface area contributed by atoms with Gasteiger partial charge in [0.05, 0.1) is 40.1 Å². The molecule has 57 heavy (non-hydrogen) atoms. The summed E-state index contributed by atoms with van der Waals surface area (Å²) in [6.45, 7) is 4.90. The first-order chi connectivity index (χ1) is 26.6. The fraction of sp³-hybridized carbons (Fsp3) is 0.263. The SMILES string of the molecule is CC(C)(C)[O-].Clc1cnnc(Cl)c1.O=C(Nc1ccn(-c2cnnc(Cl)c2)n1)C1(c2ccccc2F)CC1.O=C(Nc1ccn[nH]1)C1(c2ccccc2F)CC1.[K+]. The van der Waals surface area contributed by atoms with E-state index in [0.29, 0.717) is 64.3 Å². The largest absolute Gasteiger partial charge is 1.00 e. The van der Waals surface area contributed by atoms with Gasteiger partial charge in [0.1, 0.15) is 17.5 Å². The van der Waals surface area contributed by atoms with Crippen LogP contribution in [0.15, 0.2) is 97.6 Å². The summed E-state index contributed by atoms with van der Waals surface area (Å²) in [5.74, 6) is -0.221. The number of nitrogens with zero attached hydrogens (tertiary/aromatic N) is 7. The third-order valence-corrected chi connectivity index (χ3v) is 8.77. The van der Waals surface area contributed by atoms with Crippen molar-refractivity contribution in [3.8, 4) is 5.69 Å². The third kappa shape index (κ3) is 13.1. The summed E-state index contributed by atoms with van der Waals surface area (Å²) < 4.78 is 29.4. The Morgan fingerprint density at radius 1 is 0.789 bits per heavy atom. The van der Waals surface area contributed by atoms with Crippen LogP contribution in [0.2, 0.25) is 15.3 Å². The van der Waals surface area contributed by atoms with Crippen molar-refractivity contribution in [2.45, 2.75) is 62.9 Å². The first-order valence-electron chi connectivity index (χ1n) is 17.1. The number of aromatic nitrogens is 8. The zero-order chi connectivity index (χ0) is 40.5. The van der Waals surface area contributed by atoms with E-state index in [1.165, 1.54) is 35.3 Å². The molecule has 4 heterocycles. The number of amides is 2. The molecule has 2 fully saturated rings. The number of nitrogens with one attached hydrogen (secondary N) is 3. The summed E-state index contributed by atoms with van der Waals surface area (Å²) in [6.07, 6.45) is 8.74. The molecule has 4 aromatic heterocycles. The molecule has 2 aromatic carbocycles. The maximum Gasteiger partial charge on any atom is 1.00 e. The number of rotatable bonds is 7. The van der Waals surface area contributed by atoms with Gasteiger partial charge in [0, 0.05) is 35.5 Å². The summed E-state index contributed by atoms with van der Waals surface area (Å²) in [4.78, 5) is 24.9. The summed E-state index contributed by atoms with van der Waals surface area (Å²) in [5.41, 5.74) is -0.748. The van der Waals surface area contributed by atoms with E-state index in [1.807, 2.05) is 0 Å². The number of H-pyrrole nitrogens is 1. The Balaban J connectivity index is 0.000000195. The van der Waals surface area contributed by atoms with Gasteiger partial charge in [0.2, 0.25) is 11.8 Å². The third-order valence-electron chi connectivity index (χ3n) is 8.19. The molecule has 0 bridgehead atoms. The second-order valence-electron chi connectivity index (χ2n) is 13.7. The molecule has 0 radical (unpaired) electrons. The van der Waals surface area contributed by atoms with Crippen LogP contribution < -0.4 is 67.1 Å². The molecule has 0 unspecified atom stereocenters. The number of carbonyl (C=O) groups excluding carboxylic acids is 2. The van der Waals surface area contributed by atoms with E-state index in [0.717, 1.165) is 0 Å². The molecule has 0 aliphatic heterocycles. The molecule has 0 saturated heterocycles. The smallest absolute Gasteiger partial charge is 0.850 e. The average Bonchev–Trinajstić information content (AvgIpc) is 4.02. The van der Waals surface area contributed by atoms with Gasteiger partial charge in [-0.15, -0.1) is 20.9 Å². The topological polar surface area (TPSA) is 179 Å². The molecule has 2 aliphatic carbocycles. The van der Waals surface area contributed by atoms with Gasteiger partial charge in [-0.1, -0.05) is 92.0 Å². The maximum atomic E-state index is 14.1. The molecular formula is C38H36Cl3F2KN10O3. The quantitative estimate of drug-likeness (QED) is 0.198. The van der Waals surface area contributed by atoms with Gasteiger partial charge in [-0.25, -0.2) is 13.5 Å². The van der Waals surface area contributed by atoms with Gasteiger partial charge in [-0.3, -0.25) is 14.7 Å². The van der Waals surface area contributed by atoms with Gasteiger partial charge in [0.25, 0.3) is 0 Å². The van der Waals surface area contributed by atoms with Gasteiger partial charge in [-0.05, 0) is 43.9 Å². The van der Waals surface area contributed by atoms with Crippen LogP contribution in [0.3, 0.4) is 0 Å². The first kappa shape index (κ1) is 46.0. The monoisotopic (exact) mass is 862 g/mol. The summed E-state index contributed by atoms with van der Waals surface area (Å²) >= 11 is 16.7. The summed E-state index contributed by atoms with van der Waals surface area (Å²) in [7, 11) is 0. The van der Waals surface area contributed by atoms with Crippen molar-refractivity contribution >= 4 is 58.3 Å². The fourth-order valence-electron chi connectivity index (χ4n) is 5.30. The van der Waals surface area contributed by atoms with E-state index in [1.54, 1.807) is 87.8 Å². The molecule has 8 rings (SSSR count). The standard InChI is InChI=1S/C17H13ClFN5O.C13H12FN3O.C4H2Cl2N2.C4H9O.K/c18-14-9-11(10-20-22-14)24-8-5-15(23-24)21-16(25)17(6-7-17)12-3-1-2-4-13(12)19;14-10-4-2-1-3-9(10)13(6-7-13)12(18)16-11-5-8-15-17-11;5-3-1-4(6)8-7-2-3;1-4(2,3)5;/h1-5,8-10H,6-7H2,(H,21,23,25);1-5,8H,6-7H2,(H2,15,16,17,18);1-2H;1-3H3;/q;;;-1;+1. The van der Waals surface area contributed by atoms with Crippen LogP contribution in [0.25, 0.3) is 5.69 Å². The Hall–Kier alpha value is -3.71. The van der Waals surface area contributed by atoms with E-state index in [9.17, 15) is 23.5 Å². The molecule has 19 heteroatoms. The number of anilines is 2. The number of hydrogen-bond donors (Lipinski definition) is 3. The minimum Gasteiger partial charge on any atom is -0.850 e. The van der Waals surface area contributed by atoms with Crippen LogP contribution in [0.1, 0.15) is 57.6 Å². The zero-order valence-electron chi connectivity index (χ0n) is 31.3. The predicted molar refractivity (Wildman–Crippen MR) is 206 cm³/mol. The van der Waals surface area contributed by atoms with Crippen LogP contribution in [-0.4, -0.2) is 57.8 Å². The molecule has 0 spiro atoms. The van der Waals surface area contributed by atoms with E-state index in [4.69, 9.17) is 34.8 Å². The van der Waals surface area contributed by atoms with Crippen LogP contribution in [0.5, 0.6) is 0 Å². The Morgan fingerprint density at radius 3 is 1.74 bits per heavy atom. The molecule has 2 saturated carbocycles.